The van der Waals surface area contributed by atoms with Gasteiger partial charge in [0, 0.05) is 34.3 Å². The van der Waals surface area contributed by atoms with Gasteiger partial charge >= 0.3 is 0 Å². The van der Waals surface area contributed by atoms with Crippen molar-refractivity contribution in [2.24, 2.45) is 0 Å². The van der Waals surface area contributed by atoms with Gasteiger partial charge in [0.2, 0.25) is 0 Å². The summed E-state index contributed by atoms with van der Waals surface area (Å²) >= 11 is 12.0. The van der Waals surface area contributed by atoms with E-state index in [9.17, 15) is 0 Å². The molecule has 0 bridgehead atoms. The van der Waals surface area contributed by atoms with E-state index in [1.54, 1.807) is 6.07 Å². The van der Waals surface area contributed by atoms with Crippen LogP contribution < -0.4 is 10.1 Å². The molecule has 0 aliphatic carbocycles. The van der Waals surface area contributed by atoms with Crippen LogP contribution in [-0.2, 0) is 13.0 Å². The summed E-state index contributed by atoms with van der Waals surface area (Å²) in [6.07, 6.45) is 0.944. The number of hydrogen-bond donors (Lipinski definition) is 1. The second-order valence-corrected chi connectivity index (χ2v) is 6.83. The van der Waals surface area contributed by atoms with Crippen molar-refractivity contribution >= 4 is 28.9 Å². The lowest BCUT2D eigenvalue weighted by Gasteiger charge is -2.18. The topological polar surface area (TPSA) is 21.3 Å². The molecule has 21 heavy (non-hydrogen) atoms. The molecule has 0 fully saturated rings. The fourth-order valence-corrected chi connectivity index (χ4v) is 3.20. The summed E-state index contributed by atoms with van der Waals surface area (Å²) in [5.41, 5.74) is 3.19. The molecule has 0 amide bonds. The molecular weight excluding hydrogens is 305 g/mol. The van der Waals surface area contributed by atoms with Crippen LogP contribution in [0, 0.1) is 0 Å². The van der Waals surface area contributed by atoms with E-state index in [0.717, 1.165) is 23.4 Å². The van der Waals surface area contributed by atoms with Crippen LogP contribution in [-0.4, -0.2) is 5.60 Å². The molecule has 0 atom stereocenters. The Morgan fingerprint density at radius 2 is 1.86 bits per heavy atom. The maximum atomic E-state index is 6.07. The van der Waals surface area contributed by atoms with Gasteiger partial charge < -0.3 is 10.1 Å². The summed E-state index contributed by atoms with van der Waals surface area (Å²) in [4.78, 5) is 0. The molecule has 2 aromatic carbocycles. The third-order valence-corrected chi connectivity index (χ3v) is 3.95. The third-order valence-electron chi connectivity index (χ3n) is 3.52. The molecule has 1 heterocycles. The van der Waals surface area contributed by atoms with Gasteiger partial charge in [0.1, 0.15) is 11.4 Å². The average molecular weight is 322 g/mol. The maximum absolute atomic E-state index is 6.07. The van der Waals surface area contributed by atoms with Crippen molar-refractivity contribution in [2.45, 2.75) is 32.4 Å². The van der Waals surface area contributed by atoms with E-state index >= 15 is 0 Å². The van der Waals surface area contributed by atoms with Crippen LogP contribution >= 0.6 is 23.2 Å². The monoisotopic (exact) mass is 321 g/mol. The third kappa shape index (κ3) is 3.28. The normalized spacial score (nSPS) is 15.4. The molecule has 0 saturated heterocycles. The van der Waals surface area contributed by atoms with E-state index in [-0.39, 0.29) is 5.60 Å². The molecule has 0 spiro atoms. The Morgan fingerprint density at radius 1 is 1.14 bits per heavy atom. The first-order chi connectivity index (χ1) is 9.93. The number of rotatable bonds is 3. The first-order valence-electron chi connectivity index (χ1n) is 6.93. The number of hydrogen-bond acceptors (Lipinski definition) is 2. The standard InChI is InChI=1S/C17H17Cl2NO/c1-17(2)9-11-4-3-5-12(16(11)21-17)10-20-15-7-13(18)6-14(19)8-15/h3-8,20H,9-10H2,1-2H3. The Hall–Kier alpha value is -1.38. The van der Waals surface area contributed by atoms with Crippen molar-refractivity contribution in [1.29, 1.82) is 0 Å². The van der Waals surface area contributed by atoms with Gasteiger partial charge in [-0.2, -0.15) is 0 Å². The van der Waals surface area contributed by atoms with Gasteiger partial charge in [-0.25, -0.2) is 0 Å². The minimum Gasteiger partial charge on any atom is -0.487 e. The Kier molecular flexibility index (Phi) is 3.76. The van der Waals surface area contributed by atoms with Crippen LogP contribution in [0.1, 0.15) is 25.0 Å². The first kappa shape index (κ1) is 14.6. The van der Waals surface area contributed by atoms with E-state index in [4.69, 9.17) is 27.9 Å². The molecule has 0 radical (unpaired) electrons. The highest BCUT2D eigenvalue weighted by Crippen LogP contribution is 2.37. The highest BCUT2D eigenvalue weighted by atomic mass is 35.5. The molecule has 0 saturated carbocycles. The summed E-state index contributed by atoms with van der Waals surface area (Å²) in [6, 6.07) is 11.7. The smallest absolute Gasteiger partial charge is 0.128 e. The van der Waals surface area contributed by atoms with E-state index in [1.807, 2.05) is 12.1 Å². The van der Waals surface area contributed by atoms with Crippen molar-refractivity contribution < 1.29 is 4.74 Å². The second kappa shape index (κ2) is 5.43. The SMILES string of the molecule is CC1(C)Cc2cccc(CNc3cc(Cl)cc(Cl)c3)c2O1. The van der Waals surface area contributed by atoms with Crippen LogP contribution in [0.5, 0.6) is 5.75 Å². The molecule has 2 nitrogen and oxygen atoms in total. The zero-order chi connectivity index (χ0) is 15.0. The van der Waals surface area contributed by atoms with Gasteiger partial charge in [0.05, 0.1) is 0 Å². The lowest BCUT2D eigenvalue weighted by molar-refractivity contribution is 0.137. The second-order valence-electron chi connectivity index (χ2n) is 5.96. The largest absolute Gasteiger partial charge is 0.487 e. The predicted octanol–water partition coefficient (Wildman–Crippen LogP) is 5.32. The molecule has 1 aliphatic heterocycles. The summed E-state index contributed by atoms with van der Waals surface area (Å²) in [5.74, 6) is 1.00. The first-order valence-corrected chi connectivity index (χ1v) is 7.68. The van der Waals surface area contributed by atoms with Crippen molar-refractivity contribution in [3.8, 4) is 5.75 Å². The summed E-state index contributed by atoms with van der Waals surface area (Å²) in [6.45, 7) is 4.90. The molecule has 4 heteroatoms. The van der Waals surface area contributed by atoms with Gasteiger partial charge in [0.25, 0.3) is 0 Å². The maximum Gasteiger partial charge on any atom is 0.128 e. The van der Waals surface area contributed by atoms with Gasteiger partial charge in [-0.3, -0.25) is 0 Å². The Morgan fingerprint density at radius 3 is 2.57 bits per heavy atom. The number of benzene rings is 2. The van der Waals surface area contributed by atoms with Crippen molar-refractivity contribution in [1.82, 2.24) is 0 Å². The highest BCUT2D eigenvalue weighted by Gasteiger charge is 2.31. The molecule has 1 N–H and O–H groups in total. The Labute approximate surface area is 135 Å². The summed E-state index contributed by atoms with van der Waals surface area (Å²) in [7, 11) is 0. The van der Waals surface area contributed by atoms with Crippen LogP contribution in [0.2, 0.25) is 10.0 Å². The summed E-state index contributed by atoms with van der Waals surface area (Å²) < 4.78 is 6.07. The molecule has 2 aromatic rings. The minimum absolute atomic E-state index is 0.127. The van der Waals surface area contributed by atoms with E-state index in [1.165, 1.54) is 5.56 Å². The van der Waals surface area contributed by atoms with E-state index in [0.29, 0.717) is 16.6 Å². The average Bonchev–Trinajstić information content (AvgIpc) is 2.69. The zero-order valence-electron chi connectivity index (χ0n) is 12.0. The Bertz CT molecular complexity index is 662. The van der Waals surface area contributed by atoms with E-state index < -0.39 is 0 Å². The predicted molar refractivity (Wildman–Crippen MR) is 88.6 cm³/mol. The quantitative estimate of drug-likeness (QED) is 0.826. The number of anilines is 1. The van der Waals surface area contributed by atoms with Gasteiger partial charge in [-0.15, -0.1) is 0 Å². The lowest BCUT2D eigenvalue weighted by Crippen LogP contribution is -2.25. The fraction of sp³-hybridized carbons (Fsp3) is 0.294. The summed E-state index contributed by atoms with van der Waals surface area (Å²) in [5, 5.41) is 4.60. The highest BCUT2D eigenvalue weighted by molar-refractivity contribution is 6.35. The molecule has 110 valence electrons. The molecule has 3 rings (SSSR count). The zero-order valence-corrected chi connectivity index (χ0v) is 13.6. The number of ether oxygens (including phenoxy) is 1. The van der Waals surface area contributed by atoms with Crippen LogP contribution in [0.3, 0.4) is 0 Å². The molecule has 0 aromatic heterocycles. The molecule has 0 unspecified atom stereocenters. The number of halogens is 2. The minimum atomic E-state index is -0.127. The van der Waals surface area contributed by atoms with Crippen LogP contribution in [0.25, 0.3) is 0 Å². The van der Waals surface area contributed by atoms with Gasteiger partial charge in [0.15, 0.2) is 0 Å². The van der Waals surface area contributed by atoms with Crippen molar-refractivity contribution in [3.63, 3.8) is 0 Å². The van der Waals surface area contributed by atoms with Crippen molar-refractivity contribution in [2.75, 3.05) is 5.32 Å². The lowest BCUT2D eigenvalue weighted by atomic mass is 10.0. The van der Waals surface area contributed by atoms with Gasteiger partial charge in [-0.1, -0.05) is 41.4 Å². The van der Waals surface area contributed by atoms with Gasteiger partial charge in [-0.05, 0) is 37.6 Å². The van der Waals surface area contributed by atoms with Crippen LogP contribution in [0.15, 0.2) is 36.4 Å². The van der Waals surface area contributed by atoms with Crippen LogP contribution in [0.4, 0.5) is 5.69 Å². The molecular formula is C17H17Cl2NO. The number of para-hydroxylation sites is 1. The van der Waals surface area contributed by atoms with E-state index in [2.05, 4.69) is 37.4 Å². The molecule has 1 aliphatic rings. The number of fused-ring (bicyclic) bond motifs is 1. The van der Waals surface area contributed by atoms with Crippen molar-refractivity contribution in [3.05, 3.63) is 57.6 Å². The number of nitrogens with one attached hydrogen (secondary N) is 1. The fourth-order valence-electron chi connectivity index (χ4n) is 2.67. The Balaban J connectivity index is 1.79.